The second-order valence-corrected chi connectivity index (χ2v) is 6.72. The topological polar surface area (TPSA) is 100 Å². The lowest BCUT2D eigenvalue weighted by atomic mass is 10.0. The maximum atomic E-state index is 12.1. The Morgan fingerprint density at radius 3 is 3.00 bits per heavy atom. The van der Waals surface area contributed by atoms with Crippen molar-refractivity contribution in [2.45, 2.75) is 25.8 Å². The molecule has 1 aromatic rings. The van der Waals surface area contributed by atoms with Crippen LogP contribution in [-0.4, -0.2) is 59.1 Å². The van der Waals surface area contributed by atoms with E-state index in [1.807, 2.05) is 0 Å². The molecule has 2 heterocycles. The number of rotatable bonds is 7. The molecule has 0 radical (unpaired) electrons. The summed E-state index contributed by atoms with van der Waals surface area (Å²) in [7, 11) is -3.44. The SMILES string of the molecule is O=S(=O)(NCCCn1ccnn1)N1CCCC(CO)C1. The fourth-order valence-electron chi connectivity index (χ4n) is 2.28. The summed E-state index contributed by atoms with van der Waals surface area (Å²) in [5.41, 5.74) is 0. The number of aliphatic hydroxyl groups is 1. The Bertz CT molecular complexity index is 490. The molecule has 0 aromatic carbocycles. The molecule has 0 bridgehead atoms. The lowest BCUT2D eigenvalue weighted by Gasteiger charge is -2.30. The van der Waals surface area contributed by atoms with Gasteiger partial charge in [0.05, 0.1) is 6.20 Å². The van der Waals surface area contributed by atoms with Crippen molar-refractivity contribution in [3.8, 4) is 0 Å². The molecule has 2 rings (SSSR count). The van der Waals surface area contributed by atoms with Crippen molar-refractivity contribution in [1.82, 2.24) is 24.0 Å². The highest BCUT2D eigenvalue weighted by molar-refractivity contribution is 7.87. The molecule has 9 heteroatoms. The van der Waals surface area contributed by atoms with Gasteiger partial charge in [-0.25, -0.2) is 4.72 Å². The van der Waals surface area contributed by atoms with E-state index in [1.165, 1.54) is 4.31 Å². The smallest absolute Gasteiger partial charge is 0.279 e. The fourth-order valence-corrected chi connectivity index (χ4v) is 3.64. The van der Waals surface area contributed by atoms with Gasteiger partial charge in [0.15, 0.2) is 0 Å². The third-order valence-corrected chi connectivity index (χ3v) is 4.98. The number of piperidine rings is 1. The molecule has 0 spiro atoms. The predicted octanol–water partition coefficient (Wildman–Crippen LogP) is -0.793. The van der Waals surface area contributed by atoms with E-state index in [0.717, 1.165) is 12.8 Å². The van der Waals surface area contributed by atoms with Crippen LogP contribution in [0.1, 0.15) is 19.3 Å². The molecule has 1 aliphatic rings. The summed E-state index contributed by atoms with van der Waals surface area (Å²) in [6, 6.07) is 0. The molecule has 8 nitrogen and oxygen atoms in total. The van der Waals surface area contributed by atoms with E-state index in [9.17, 15) is 8.42 Å². The zero-order chi connectivity index (χ0) is 14.4. The van der Waals surface area contributed by atoms with Gasteiger partial charge in [0.1, 0.15) is 0 Å². The molecule has 1 unspecified atom stereocenters. The van der Waals surface area contributed by atoms with Crippen LogP contribution in [0.2, 0.25) is 0 Å². The lowest BCUT2D eigenvalue weighted by Crippen LogP contribution is -2.46. The summed E-state index contributed by atoms with van der Waals surface area (Å²) in [6.45, 7) is 1.95. The van der Waals surface area contributed by atoms with Gasteiger partial charge < -0.3 is 5.11 Å². The third kappa shape index (κ3) is 4.23. The molecule has 0 amide bonds. The van der Waals surface area contributed by atoms with E-state index in [-0.39, 0.29) is 12.5 Å². The Labute approximate surface area is 119 Å². The zero-order valence-corrected chi connectivity index (χ0v) is 12.2. The summed E-state index contributed by atoms with van der Waals surface area (Å²) < 4.78 is 29.9. The highest BCUT2D eigenvalue weighted by Crippen LogP contribution is 2.17. The van der Waals surface area contributed by atoms with E-state index < -0.39 is 10.2 Å². The summed E-state index contributed by atoms with van der Waals surface area (Å²) in [6.07, 6.45) is 5.66. The molecule has 1 saturated heterocycles. The molecular formula is C11H21N5O3S. The summed E-state index contributed by atoms with van der Waals surface area (Å²) in [4.78, 5) is 0. The highest BCUT2D eigenvalue weighted by atomic mass is 32.2. The first-order valence-corrected chi connectivity index (χ1v) is 8.25. The lowest BCUT2D eigenvalue weighted by molar-refractivity contribution is 0.165. The van der Waals surface area contributed by atoms with Crippen LogP contribution < -0.4 is 4.72 Å². The predicted molar refractivity (Wildman–Crippen MR) is 72.9 cm³/mol. The van der Waals surface area contributed by atoms with Gasteiger partial charge in [-0.3, -0.25) is 4.68 Å². The van der Waals surface area contributed by atoms with E-state index in [2.05, 4.69) is 15.0 Å². The Morgan fingerprint density at radius 2 is 2.30 bits per heavy atom. The standard InChI is InChI=1S/C11H21N5O3S/c17-10-11-3-1-7-16(9-11)20(18,19)13-4-2-6-15-8-5-12-14-15/h5,8,11,13,17H,1-4,6-7,9-10H2. The van der Waals surface area contributed by atoms with Crippen molar-refractivity contribution >= 4 is 10.2 Å². The first kappa shape index (κ1) is 15.4. The van der Waals surface area contributed by atoms with Crippen LogP contribution in [-0.2, 0) is 16.8 Å². The van der Waals surface area contributed by atoms with Gasteiger partial charge in [0.2, 0.25) is 0 Å². The third-order valence-electron chi connectivity index (χ3n) is 3.40. The summed E-state index contributed by atoms with van der Waals surface area (Å²) >= 11 is 0. The van der Waals surface area contributed by atoms with Crippen LogP contribution in [0, 0.1) is 5.92 Å². The number of nitrogens with one attached hydrogen (secondary N) is 1. The molecule has 1 aliphatic heterocycles. The number of aliphatic hydroxyl groups excluding tert-OH is 1. The minimum atomic E-state index is -3.44. The minimum Gasteiger partial charge on any atom is -0.396 e. The highest BCUT2D eigenvalue weighted by Gasteiger charge is 2.27. The molecule has 0 aliphatic carbocycles. The van der Waals surface area contributed by atoms with Gasteiger partial charge >= 0.3 is 0 Å². The van der Waals surface area contributed by atoms with Crippen LogP contribution in [0.3, 0.4) is 0 Å². The number of aryl methyl sites for hydroxylation is 1. The van der Waals surface area contributed by atoms with Crippen LogP contribution in [0.5, 0.6) is 0 Å². The van der Waals surface area contributed by atoms with Crippen LogP contribution in [0.4, 0.5) is 0 Å². The van der Waals surface area contributed by atoms with Crippen LogP contribution >= 0.6 is 0 Å². The number of hydrogen-bond acceptors (Lipinski definition) is 5. The molecule has 2 N–H and O–H groups in total. The van der Waals surface area contributed by atoms with Crippen molar-refractivity contribution in [1.29, 1.82) is 0 Å². The summed E-state index contributed by atoms with van der Waals surface area (Å²) in [5.74, 6) is 0.0514. The molecular weight excluding hydrogens is 282 g/mol. The minimum absolute atomic E-state index is 0.0400. The van der Waals surface area contributed by atoms with Crippen molar-refractivity contribution in [3.63, 3.8) is 0 Å². The molecule has 20 heavy (non-hydrogen) atoms. The van der Waals surface area contributed by atoms with Gasteiger partial charge in [0, 0.05) is 39.0 Å². The molecule has 0 saturated carbocycles. The van der Waals surface area contributed by atoms with Crippen molar-refractivity contribution in [3.05, 3.63) is 12.4 Å². The second kappa shape index (κ2) is 7.11. The van der Waals surface area contributed by atoms with Crippen molar-refractivity contribution in [2.75, 3.05) is 26.2 Å². The van der Waals surface area contributed by atoms with Crippen LogP contribution in [0.15, 0.2) is 12.4 Å². The van der Waals surface area contributed by atoms with Gasteiger partial charge in [-0.15, -0.1) is 5.10 Å². The second-order valence-electron chi connectivity index (χ2n) is 4.97. The largest absolute Gasteiger partial charge is 0.396 e. The number of hydrogen-bond donors (Lipinski definition) is 2. The van der Waals surface area contributed by atoms with Gasteiger partial charge in [-0.2, -0.15) is 12.7 Å². The maximum Gasteiger partial charge on any atom is 0.279 e. The first-order valence-electron chi connectivity index (χ1n) is 6.81. The maximum absolute atomic E-state index is 12.1. The van der Waals surface area contributed by atoms with Crippen molar-refractivity contribution < 1.29 is 13.5 Å². The Kier molecular flexibility index (Phi) is 5.46. The quantitative estimate of drug-likeness (QED) is 0.643. The first-order chi connectivity index (χ1) is 9.62. The normalized spacial score (nSPS) is 21.1. The van der Waals surface area contributed by atoms with Gasteiger partial charge in [0.25, 0.3) is 10.2 Å². The van der Waals surface area contributed by atoms with E-state index in [1.54, 1.807) is 17.1 Å². The average molecular weight is 303 g/mol. The summed E-state index contributed by atoms with van der Waals surface area (Å²) in [5, 5.41) is 16.6. The molecule has 114 valence electrons. The number of nitrogens with zero attached hydrogens (tertiary/aromatic N) is 4. The van der Waals surface area contributed by atoms with E-state index in [4.69, 9.17) is 5.11 Å². The monoisotopic (exact) mass is 303 g/mol. The van der Waals surface area contributed by atoms with Gasteiger partial charge in [-0.05, 0) is 25.2 Å². The molecule has 1 atom stereocenters. The zero-order valence-electron chi connectivity index (χ0n) is 11.3. The van der Waals surface area contributed by atoms with Gasteiger partial charge in [-0.1, -0.05) is 5.21 Å². The van der Waals surface area contributed by atoms with Crippen molar-refractivity contribution in [2.24, 2.45) is 5.92 Å². The number of aromatic nitrogens is 3. The Balaban J connectivity index is 1.75. The Hall–Kier alpha value is -1.03. The molecule has 1 aromatic heterocycles. The van der Waals surface area contributed by atoms with E-state index >= 15 is 0 Å². The van der Waals surface area contributed by atoms with Crippen LogP contribution in [0.25, 0.3) is 0 Å². The fraction of sp³-hybridized carbons (Fsp3) is 0.818. The Morgan fingerprint density at radius 1 is 1.45 bits per heavy atom. The van der Waals surface area contributed by atoms with E-state index in [0.29, 0.717) is 32.6 Å². The average Bonchev–Trinajstić information content (AvgIpc) is 2.97. The molecule has 1 fully saturated rings.